The van der Waals surface area contributed by atoms with Gasteiger partial charge in [0.05, 0.1) is 41.3 Å². The summed E-state index contributed by atoms with van der Waals surface area (Å²) in [7, 11) is -2.96. The number of hydrogen-bond donors (Lipinski definition) is 1. The Morgan fingerprint density at radius 1 is 1.09 bits per heavy atom. The Balaban J connectivity index is 1.18. The van der Waals surface area contributed by atoms with E-state index in [9.17, 15) is 9.00 Å². The van der Waals surface area contributed by atoms with Crippen molar-refractivity contribution in [1.82, 2.24) is 14.5 Å². The molecule has 4 heterocycles. The number of ether oxygens (including phenoxy) is 3. The third-order valence-corrected chi connectivity index (χ3v) is 16.4. The highest BCUT2D eigenvalue weighted by atomic mass is 35.5. The molecule has 7 atom stereocenters. The van der Waals surface area contributed by atoms with E-state index in [-0.39, 0.29) is 22.5 Å². The van der Waals surface area contributed by atoms with Crippen molar-refractivity contribution in [2.75, 3.05) is 77.1 Å². The number of rotatable bonds is 6. The van der Waals surface area contributed by atoms with Crippen LogP contribution < -0.4 is 14.4 Å². The van der Waals surface area contributed by atoms with Gasteiger partial charge in [-0.2, -0.15) is 0 Å². The van der Waals surface area contributed by atoms with Crippen LogP contribution in [-0.4, -0.2) is 115 Å². The summed E-state index contributed by atoms with van der Waals surface area (Å²) in [6, 6.07) is 12.6. The Bertz CT molecular complexity index is 1860. The Labute approximate surface area is 334 Å². The number of fused-ring (bicyclic) bond motifs is 4. The number of carbonyl (C=O) groups excluding carboxylic acids is 1. The fourth-order valence-electron chi connectivity index (χ4n) is 10.2. The van der Waals surface area contributed by atoms with Crippen molar-refractivity contribution in [3.63, 3.8) is 0 Å². The molecule has 2 aromatic rings. The van der Waals surface area contributed by atoms with Crippen LogP contribution in [0.1, 0.15) is 80.8 Å². The van der Waals surface area contributed by atoms with E-state index in [1.54, 1.807) is 0 Å². The maximum Gasteiger partial charge on any atom is 0.262 e. The predicted octanol–water partition coefficient (Wildman–Crippen LogP) is 6.37. The van der Waals surface area contributed by atoms with Crippen molar-refractivity contribution in [3.8, 4) is 5.75 Å². The van der Waals surface area contributed by atoms with Crippen molar-refractivity contribution >= 4 is 38.8 Å². The highest BCUT2D eigenvalue weighted by Gasteiger charge is 2.50. The van der Waals surface area contributed by atoms with Gasteiger partial charge in [0.15, 0.2) is 0 Å². The average molecular weight is 794 g/mol. The molecule has 2 saturated heterocycles. The molecule has 2 bridgehead atoms. The number of aryl methyl sites for hydroxylation is 1. The van der Waals surface area contributed by atoms with E-state index in [0.29, 0.717) is 36.7 Å². The van der Waals surface area contributed by atoms with E-state index in [2.05, 4.69) is 63.4 Å². The number of benzene rings is 2. The summed E-state index contributed by atoms with van der Waals surface area (Å²) >= 11 is 6.55. The van der Waals surface area contributed by atoms with E-state index < -0.39 is 15.3 Å². The molecule has 300 valence electrons. The molecular weight excluding hydrogens is 732 g/mol. The number of allylic oxidation sites excluding steroid dienone is 1. The lowest BCUT2D eigenvalue weighted by molar-refractivity contribution is -0.122. The van der Waals surface area contributed by atoms with Crippen LogP contribution in [0.25, 0.3) is 0 Å². The zero-order valence-electron chi connectivity index (χ0n) is 33.1. The maximum atomic E-state index is 14.1. The van der Waals surface area contributed by atoms with Crippen molar-refractivity contribution in [3.05, 3.63) is 70.3 Å². The molecule has 4 aliphatic heterocycles. The van der Waals surface area contributed by atoms with Gasteiger partial charge >= 0.3 is 0 Å². The zero-order valence-corrected chi connectivity index (χ0v) is 34.7. The summed E-state index contributed by atoms with van der Waals surface area (Å²) in [6.07, 6.45) is 11.7. The SMILES string of the molecule is C=S1(=O)NC(=O)c2ccc3c(c2)N(C[C@@H]2CC[C@H]2[C@](CN2CCN(C4COC4)CC2)(OCCC)/C=C/C[C@H](C)[C@H]1C)C[C@@]1(CCCc2cc(Cl)ccc21)CO3. The highest BCUT2D eigenvalue weighted by Crippen LogP contribution is 2.49. The minimum absolute atomic E-state index is 0.0316. The Morgan fingerprint density at radius 2 is 1.91 bits per heavy atom. The number of nitrogens with zero attached hydrogens (tertiary/aromatic N) is 3. The largest absolute Gasteiger partial charge is 0.490 e. The second-order valence-electron chi connectivity index (χ2n) is 17.5. The summed E-state index contributed by atoms with van der Waals surface area (Å²) in [5.74, 6) is 5.26. The van der Waals surface area contributed by atoms with E-state index in [4.69, 9.17) is 25.8 Å². The Morgan fingerprint density at radius 3 is 2.64 bits per heavy atom. The average Bonchev–Trinajstić information content (AvgIpc) is 3.28. The fraction of sp³-hybridized carbons (Fsp3) is 0.636. The third-order valence-electron chi connectivity index (χ3n) is 14.0. The highest BCUT2D eigenvalue weighted by molar-refractivity contribution is 7.99. The van der Waals surface area contributed by atoms with Crippen LogP contribution in [0.3, 0.4) is 0 Å². The summed E-state index contributed by atoms with van der Waals surface area (Å²) in [5.41, 5.74) is 3.34. The van der Waals surface area contributed by atoms with Crippen LogP contribution in [0.15, 0.2) is 48.6 Å². The molecule has 1 amide bonds. The number of nitrogens with one attached hydrogen (secondary N) is 1. The van der Waals surface area contributed by atoms with Gasteiger partial charge in [0.2, 0.25) is 0 Å². The predicted molar refractivity (Wildman–Crippen MR) is 223 cm³/mol. The summed E-state index contributed by atoms with van der Waals surface area (Å²) in [5, 5.41) is 0.438. The first kappa shape index (κ1) is 39.2. The van der Waals surface area contributed by atoms with Gasteiger partial charge in [-0.1, -0.05) is 43.7 Å². The van der Waals surface area contributed by atoms with Crippen LogP contribution >= 0.6 is 11.6 Å². The number of anilines is 1. The second kappa shape index (κ2) is 16.0. The smallest absolute Gasteiger partial charge is 0.262 e. The second-order valence-corrected chi connectivity index (χ2v) is 20.4. The van der Waals surface area contributed by atoms with Crippen molar-refractivity contribution in [2.45, 2.75) is 88.0 Å². The molecule has 8 rings (SSSR count). The van der Waals surface area contributed by atoms with Crippen LogP contribution in [0.5, 0.6) is 5.75 Å². The molecular formula is C44H61ClN4O5S. The quantitative estimate of drug-likeness (QED) is 0.267. The molecule has 6 aliphatic rings. The monoisotopic (exact) mass is 792 g/mol. The molecule has 11 heteroatoms. The maximum absolute atomic E-state index is 14.1. The first-order valence-corrected chi connectivity index (χ1v) is 23.0. The number of amides is 1. The number of piperazine rings is 1. The summed E-state index contributed by atoms with van der Waals surface area (Å²) in [4.78, 5) is 21.6. The van der Waals surface area contributed by atoms with E-state index >= 15 is 0 Å². The number of carbonyl (C=O) groups is 1. The lowest BCUT2D eigenvalue weighted by atomic mass is 9.63. The minimum atomic E-state index is -2.96. The zero-order chi connectivity index (χ0) is 38.4. The van der Waals surface area contributed by atoms with Gasteiger partial charge < -0.3 is 19.1 Å². The van der Waals surface area contributed by atoms with Crippen LogP contribution in [-0.2, 0) is 31.0 Å². The molecule has 1 saturated carbocycles. The fourth-order valence-corrected chi connectivity index (χ4v) is 11.9. The molecule has 55 heavy (non-hydrogen) atoms. The van der Waals surface area contributed by atoms with Gasteiger partial charge in [-0.15, -0.1) is 0 Å². The Kier molecular flexibility index (Phi) is 11.4. The van der Waals surface area contributed by atoms with Gasteiger partial charge in [-0.05, 0) is 117 Å². The van der Waals surface area contributed by atoms with Gasteiger partial charge in [-0.25, -0.2) is 4.21 Å². The lowest BCUT2D eigenvalue weighted by Crippen LogP contribution is -2.61. The molecule has 0 aromatic heterocycles. The van der Waals surface area contributed by atoms with E-state index in [1.807, 2.05) is 31.2 Å². The van der Waals surface area contributed by atoms with Crippen molar-refractivity contribution in [2.24, 2.45) is 17.8 Å². The van der Waals surface area contributed by atoms with Crippen LogP contribution in [0.2, 0.25) is 5.02 Å². The van der Waals surface area contributed by atoms with Gasteiger partial charge in [0, 0.05) is 73.7 Å². The summed E-state index contributed by atoms with van der Waals surface area (Å²) in [6.45, 7) is 15.8. The topological polar surface area (TPSA) is 83.6 Å². The van der Waals surface area contributed by atoms with E-state index in [0.717, 1.165) is 120 Å². The molecule has 1 spiro atoms. The van der Waals surface area contributed by atoms with Crippen LogP contribution in [0.4, 0.5) is 5.69 Å². The van der Waals surface area contributed by atoms with Gasteiger partial charge in [-0.3, -0.25) is 19.3 Å². The molecule has 9 nitrogen and oxygen atoms in total. The Hall–Kier alpha value is -2.60. The van der Waals surface area contributed by atoms with Gasteiger partial charge in [0.1, 0.15) is 11.4 Å². The molecule has 1 unspecified atom stereocenters. The standard InChI is InChI=1S/C44H61ClN4O5S/c1-5-22-54-44(29-47-18-20-48(21-19-47)37-26-52-27-37)17-6-8-31(2)32(3)55(4,51)46-42(50)34-11-15-41-40(24-34)49(25-35-10-13-39(35)44)28-43(30-53-41)16-7-9-33-23-36(45)12-14-38(33)43/h6,11-12,14-15,17,23-24,31-32,35,37,39H,4-5,7-10,13,16,18-22,25-30H2,1-3H3,(H,46,50,51)/b17-6+/t31-,32+,35-,39+,43-,44-,55?/m0/s1. The molecule has 0 radical (unpaired) electrons. The summed E-state index contributed by atoms with van der Waals surface area (Å²) < 4.78 is 36.5. The first-order chi connectivity index (χ1) is 26.5. The lowest BCUT2D eigenvalue weighted by Gasteiger charge is -2.53. The molecule has 2 aliphatic carbocycles. The number of halogens is 1. The van der Waals surface area contributed by atoms with Crippen molar-refractivity contribution < 1.29 is 23.2 Å². The first-order valence-electron chi connectivity index (χ1n) is 20.8. The normalized spacial score (nSPS) is 35.3. The molecule has 1 N–H and O–H groups in total. The molecule has 2 aromatic carbocycles. The number of hydrogen-bond acceptors (Lipinski definition) is 8. The van der Waals surface area contributed by atoms with Crippen LogP contribution in [0, 0.1) is 17.8 Å². The van der Waals surface area contributed by atoms with E-state index in [1.165, 1.54) is 11.1 Å². The van der Waals surface area contributed by atoms with Crippen molar-refractivity contribution in [1.29, 1.82) is 0 Å². The van der Waals surface area contributed by atoms with Gasteiger partial charge in [0.25, 0.3) is 5.91 Å². The molecule has 3 fully saturated rings. The minimum Gasteiger partial charge on any atom is -0.490 e. The third kappa shape index (κ3) is 7.85.